The fourth-order valence-corrected chi connectivity index (χ4v) is 2.19. The van der Waals surface area contributed by atoms with Gasteiger partial charge in [-0.3, -0.25) is 0 Å². The molecule has 0 spiro atoms. The van der Waals surface area contributed by atoms with Crippen molar-refractivity contribution in [2.24, 2.45) is 0 Å². The van der Waals surface area contributed by atoms with Crippen LogP contribution in [0.4, 0.5) is 11.8 Å². The zero-order valence-electron chi connectivity index (χ0n) is 13.3. The third-order valence-electron chi connectivity index (χ3n) is 3.41. The van der Waals surface area contributed by atoms with Gasteiger partial charge in [0.25, 0.3) is 0 Å². The molecule has 1 aromatic heterocycles. The lowest BCUT2D eigenvalue weighted by atomic mass is 10.1. The fraction of sp³-hybridized carbons (Fsp3) is 0.471. The number of rotatable bonds is 10. The first-order valence-electron chi connectivity index (χ1n) is 8.10. The minimum atomic E-state index is 0.601. The van der Waals surface area contributed by atoms with E-state index >= 15 is 0 Å². The van der Waals surface area contributed by atoms with Crippen LogP contribution in [0.25, 0.3) is 0 Å². The summed E-state index contributed by atoms with van der Waals surface area (Å²) in [6.45, 7) is 3.97. The molecule has 0 fully saturated rings. The lowest BCUT2D eigenvalue weighted by Gasteiger charge is -2.07. The van der Waals surface area contributed by atoms with E-state index in [1.807, 2.05) is 6.07 Å². The standard InChI is InChI=1S/C17H25N5/c1-2-3-7-12-19-17-21-16(14-20-22-17)18-13-8-11-15-9-5-4-6-10-15/h4-6,9-10,14H,2-3,7-8,11-13H2,1H3,(H2,18,19,21,22). The Balaban J connectivity index is 1.69. The van der Waals surface area contributed by atoms with Gasteiger partial charge in [-0.25, -0.2) is 0 Å². The summed E-state index contributed by atoms with van der Waals surface area (Å²) >= 11 is 0. The van der Waals surface area contributed by atoms with Crippen molar-refractivity contribution in [3.63, 3.8) is 0 Å². The molecular weight excluding hydrogens is 274 g/mol. The largest absolute Gasteiger partial charge is 0.369 e. The van der Waals surface area contributed by atoms with Crippen molar-refractivity contribution < 1.29 is 0 Å². The molecule has 2 N–H and O–H groups in total. The molecule has 0 aliphatic rings. The number of nitrogens with zero attached hydrogens (tertiary/aromatic N) is 3. The molecule has 1 aromatic carbocycles. The lowest BCUT2D eigenvalue weighted by molar-refractivity contribution is 0.738. The van der Waals surface area contributed by atoms with Crippen molar-refractivity contribution in [2.75, 3.05) is 23.7 Å². The molecule has 0 saturated heterocycles. The number of aryl methyl sites for hydroxylation is 1. The molecule has 5 heteroatoms. The van der Waals surface area contributed by atoms with Crippen molar-refractivity contribution in [2.45, 2.75) is 39.0 Å². The predicted molar refractivity (Wildman–Crippen MR) is 91.1 cm³/mol. The number of benzene rings is 1. The Hall–Kier alpha value is -2.17. The zero-order chi connectivity index (χ0) is 15.5. The molecule has 0 saturated carbocycles. The first kappa shape index (κ1) is 16.2. The molecule has 0 bridgehead atoms. The minimum absolute atomic E-state index is 0.601. The van der Waals surface area contributed by atoms with Crippen LogP contribution < -0.4 is 10.6 Å². The lowest BCUT2D eigenvalue weighted by Crippen LogP contribution is -2.10. The molecule has 22 heavy (non-hydrogen) atoms. The van der Waals surface area contributed by atoms with E-state index in [-0.39, 0.29) is 0 Å². The molecule has 0 radical (unpaired) electrons. The van der Waals surface area contributed by atoms with E-state index in [9.17, 15) is 0 Å². The van der Waals surface area contributed by atoms with E-state index in [1.54, 1.807) is 6.20 Å². The summed E-state index contributed by atoms with van der Waals surface area (Å²) in [6, 6.07) is 10.5. The summed E-state index contributed by atoms with van der Waals surface area (Å²) in [4.78, 5) is 4.42. The summed E-state index contributed by atoms with van der Waals surface area (Å²) in [5, 5.41) is 14.5. The molecule has 5 nitrogen and oxygen atoms in total. The predicted octanol–water partition coefficient (Wildman–Crippen LogP) is 3.52. The number of anilines is 2. The van der Waals surface area contributed by atoms with E-state index in [1.165, 1.54) is 18.4 Å². The SMILES string of the molecule is CCCCCNc1nncc(NCCCc2ccccc2)n1. The highest BCUT2D eigenvalue weighted by molar-refractivity contribution is 5.36. The van der Waals surface area contributed by atoms with E-state index in [4.69, 9.17) is 0 Å². The molecule has 2 aromatic rings. The Bertz CT molecular complexity index is 530. The zero-order valence-corrected chi connectivity index (χ0v) is 13.3. The van der Waals surface area contributed by atoms with Gasteiger partial charge in [0.2, 0.25) is 5.95 Å². The molecule has 2 rings (SSSR count). The third-order valence-corrected chi connectivity index (χ3v) is 3.41. The van der Waals surface area contributed by atoms with E-state index in [2.05, 4.69) is 57.0 Å². The Morgan fingerprint density at radius 1 is 0.955 bits per heavy atom. The molecular formula is C17H25N5. The second-order valence-corrected chi connectivity index (χ2v) is 5.32. The smallest absolute Gasteiger partial charge is 0.244 e. The van der Waals surface area contributed by atoms with Crippen LogP contribution in [0.5, 0.6) is 0 Å². The summed E-state index contributed by atoms with van der Waals surface area (Å²) < 4.78 is 0. The average molecular weight is 299 g/mol. The molecule has 1 heterocycles. The highest BCUT2D eigenvalue weighted by Crippen LogP contribution is 2.06. The molecule has 0 unspecified atom stereocenters. The first-order valence-corrected chi connectivity index (χ1v) is 8.10. The van der Waals surface area contributed by atoms with Crippen LogP contribution >= 0.6 is 0 Å². The quantitative estimate of drug-likeness (QED) is 0.657. The summed E-state index contributed by atoms with van der Waals surface area (Å²) in [5.41, 5.74) is 1.36. The van der Waals surface area contributed by atoms with E-state index < -0.39 is 0 Å². The minimum Gasteiger partial charge on any atom is -0.369 e. The number of unbranched alkanes of at least 4 members (excludes halogenated alkanes) is 2. The molecule has 0 aliphatic carbocycles. The van der Waals surface area contributed by atoms with E-state index in [0.717, 1.165) is 38.2 Å². The Kier molecular flexibility index (Phi) is 7.15. The monoisotopic (exact) mass is 299 g/mol. The van der Waals surface area contributed by atoms with Gasteiger partial charge < -0.3 is 10.6 Å². The highest BCUT2D eigenvalue weighted by Gasteiger charge is 2.00. The van der Waals surface area contributed by atoms with Gasteiger partial charge in [0.05, 0.1) is 6.20 Å². The van der Waals surface area contributed by atoms with Crippen LogP contribution in [0.1, 0.15) is 38.2 Å². The second kappa shape index (κ2) is 9.71. The Labute approximate surface area is 132 Å². The molecule has 0 aliphatic heterocycles. The highest BCUT2D eigenvalue weighted by atomic mass is 15.3. The normalized spacial score (nSPS) is 10.4. The van der Waals surface area contributed by atoms with Gasteiger partial charge in [-0.05, 0) is 24.8 Å². The maximum absolute atomic E-state index is 4.42. The van der Waals surface area contributed by atoms with Crippen molar-refractivity contribution in [3.8, 4) is 0 Å². The second-order valence-electron chi connectivity index (χ2n) is 5.32. The van der Waals surface area contributed by atoms with Crippen LogP contribution in [0.15, 0.2) is 36.5 Å². The topological polar surface area (TPSA) is 62.7 Å². The molecule has 118 valence electrons. The van der Waals surface area contributed by atoms with Gasteiger partial charge in [0, 0.05) is 13.1 Å². The van der Waals surface area contributed by atoms with Gasteiger partial charge >= 0.3 is 0 Å². The Morgan fingerprint density at radius 3 is 2.59 bits per heavy atom. The van der Waals surface area contributed by atoms with Crippen LogP contribution in [0.2, 0.25) is 0 Å². The van der Waals surface area contributed by atoms with Crippen molar-refractivity contribution in [1.82, 2.24) is 15.2 Å². The van der Waals surface area contributed by atoms with Crippen molar-refractivity contribution >= 4 is 11.8 Å². The van der Waals surface area contributed by atoms with E-state index in [0.29, 0.717) is 5.95 Å². The van der Waals surface area contributed by atoms with Gasteiger partial charge in [-0.2, -0.15) is 10.1 Å². The number of hydrogen-bond acceptors (Lipinski definition) is 5. The molecule has 0 amide bonds. The van der Waals surface area contributed by atoms with Gasteiger partial charge in [-0.15, -0.1) is 5.10 Å². The van der Waals surface area contributed by atoms with Crippen LogP contribution in [-0.2, 0) is 6.42 Å². The van der Waals surface area contributed by atoms with Gasteiger partial charge in [0.1, 0.15) is 5.82 Å². The van der Waals surface area contributed by atoms with Crippen LogP contribution in [0, 0.1) is 0 Å². The average Bonchev–Trinajstić information content (AvgIpc) is 2.57. The molecule has 0 atom stereocenters. The maximum atomic E-state index is 4.42. The summed E-state index contributed by atoms with van der Waals surface area (Å²) in [6.07, 6.45) is 7.36. The Morgan fingerprint density at radius 2 is 1.77 bits per heavy atom. The maximum Gasteiger partial charge on any atom is 0.244 e. The number of hydrogen-bond donors (Lipinski definition) is 2. The van der Waals surface area contributed by atoms with Crippen molar-refractivity contribution in [1.29, 1.82) is 0 Å². The summed E-state index contributed by atoms with van der Waals surface area (Å²) in [7, 11) is 0. The summed E-state index contributed by atoms with van der Waals surface area (Å²) in [5.74, 6) is 1.38. The third kappa shape index (κ3) is 6.08. The van der Waals surface area contributed by atoms with Crippen LogP contribution in [0.3, 0.4) is 0 Å². The van der Waals surface area contributed by atoms with Crippen LogP contribution in [-0.4, -0.2) is 28.3 Å². The first-order chi connectivity index (χ1) is 10.9. The van der Waals surface area contributed by atoms with Gasteiger partial charge in [0.15, 0.2) is 0 Å². The van der Waals surface area contributed by atoms with Gasteiger partial charge in [-0.1, -0.05) is 50.1 Å². The number of nitrogens with one attached hydrogen (secondary N) is 2. The number of aromatic nitrogens is 3. The van der Waals surface area contributed by atoms with Crippen molar-refractivity contribution in [3.05, 3.63) is 42.1 Å². The fourth-order valence-electron chi connectivity index (χ4n) is 2.19.